The molecule has 0 radical (unpaired) electrons. The second-order valence-corrected chi connectivity index (χ2v) is 11.0. The number of hydrogen-bond donors (Lipinski definition) is 3. The van der Waals surface area contributed by atoms with Crippen LogP contribution in [0.15, 0.2) is 35.2 Å². The number of nitrogens with one attached hydrogen (secondary N) is 3. The minimum atomic E-state index is -3.54. The molecule has 0 aliphatic heterocycles. The molecular formula is C19H24N4O3S3. The van der Waals surface area contributed by atoms with E-state index in [0.29, 0.717) is 16.5 Å². The highest BCUT2D eigenvalue weighted by molar-refractivity contribution is 7.89. The molecule has 0 saturated carbocycles. The van der Waals surface area contributed by atoms with Crippen LogP contribution in [0.1, 0.15) is 33.5 Å². The van der Waals surface area contributed by atoms with Crippen molar-refractivity contribution in [3.63, 3.8) is 0 Å². The van der Waals surface area contributed by atoms with Crippen LogP contribution in [-0.4, -0.2) is 37.8 Å². The predicted molar refractivity (Wildman–Crippen MR) is 120 cm³/mol. The molecule has 1 aromatic carbocycles. The summed E-state index contributed by atoms with van der Waals surface area (Å²) in [5, 5.41) is 3.04. The topological polar surface area (TPSA) is 90.5 Å². The molecule has 10 heteroatoms. The molecule has 1 atom stereocenters. The van der Waals surface area contributed by atoms with E-state index < -0.39 is 10.0 Å². The Labute approximate surface area is 180 Å². The maximum atomic E-state index is 12.4. The minimum absolute atomic E-state index is 0.151. The number of rotatable bonds is 4. The van der Waals surface area contributed by atoms with Gasteiger partial charge in [-0.25, -0.2) is 12.7 Å². The highest BCUT2D eigenvalue weighted by Gasteiger charge is 2.21. The molecule has 1 amide bonds. The molecule has 7 nitrogen and oxygen atoms in total. The molecule has 1 aliphatic rings. The summed E-state index contributed by atoms with van der Waals surface area (Å²) in [5.41, 5.74) is 7.02. The molecule has 0 fully saturated rings. The fraction of sp³-hybridized carbons (Fsp3) is 0.368. The van der Waals surface area contributed by atoms with Gasteiger partial charge in [0.25, 0.3) is 5.91 Å². The quantitative estimate of drug-likeness (QED) is 0.488. The molecule has 1 aromatic heterocycles. The third kappa shape index (κ3) is 5.13. The largest absolute Gasteiger partial charge is 0.331 e. The maximum Gasteiger partial charge on any atom is 0.279 e. The first-order valence-corrected chi connectivity index (χ1v) is 11.8. The van der Waals surface area contributed by atoms with Crippen LogP contribution >= 0.6 is 23.6 Å². The van der Waals surface area contributed by atoms with Crippen LogP contribution in [0.3, 0.4) is 0 Å². The van der Waals surface area contributed by atoms with E-state index >= 15 is 0 Å². The number of hydrazine groups is 1. The van der Waals surface area contributed by atoms with Gasteiger partial charge >= 0.3 is 0 Å². The van der Waals surface area contributed by atoms with Gasteiger partial charge in [0.1, 0.15) is 0 Å². The molecule has 0 saturated heterocycles. The molecular weight excluding hydrogens is 428 g/mol. The zero-order valence-electron chi connectivity index (χ0n) is 16.5. The average molecular weight is 453 g/mol. The first-order chi connectivity index (χ1) is 13.7. The Morgan fingerprint density at radius 2 is 2.00 bits per heavy atom. The third-order valence-corrected chi connectivity index (χ3v) is 7.96. The van der Waals surface area contributed by atoms with Gasteiger partial charge < -0.3 is 5.32 Å². The van der Waals surface area contributed by atoms with E-state index in [1.807, 2.05) is 6.07 Å². The Bertz CT molecular complexity index is 1030. The van der Waals surface area contributed by atoms with Crippen LogP contribution in [0.5, 0.6) is 0 Å². The number of carbonyl (C=O) groups excluding carboxylic acids is 1. The van der Waals surface area contributed by atoms with Crippen LogP contribution in [0.25, 0.3) is 0 Å². The highest BCUT2D eigenvalue weighted by atomic mass is 32.2. The van der Waals surface area contributed by atoms with Crippen LogP contribution in [0, 0.1) is 5.92 Å². The molecule has 1 unspecified atom stereocenters. The van der Waals surface area contributed by atoms with Crippen molar-refractivity contribution in [2.45, 2.75) is 31.1 Å². The standard InChI is InChI=1S/C19H24N4O3S3/c1-12-7-8-16-13(9-12)10-17(28-16)18(24)21-22-19(27)20-14-5-4-6-15(11-14)29(25,26)23(2)3/h4-6,10-12H,7-9H2,1-3H3,(H,21,24)(H2,20,22,27). The summed E-state index contributed by atoms with van der Waals surface area (Å²) in [5.74, 6) is 0.403. The highest BCUT2D eigenvalue weighted by Crippen LogP contribution is 2.32. The summed E-state index contributed by atoms with van der Waals surface area (Å²) in [6.07, 6.45) is 3.19. The summed E-state index contributed by atoms with van der Waals surface area (Å²) >= 11 is 6.72. The van der Waals surface area contributed by atoms with Gasteiger partial charge in [-0.3, -0.25) is 15.6 Å². The zero-order chi connectivity index (χ0) is 21.2. The van der Waals surface area contributed by atoms with E-state index in [1.165, 1.54) is 48.0 Å². The Hall–Kier alpha value is -2.01. The second-order valence-electron chi connectivity index (χ2n) is 7.26. The zero-order valence-corrected chi connectivity index (χ0v) is 18.9. The average Bonchev–Trinajstić information content (AvgIpc) is 3.09. The summed E-state index contributed by atoms with van der Waals surface area (Å²) in [7, 11) is -0.597. The lowest BCUT2D eigenvalue weighted by molar-refractivity contribution is 0.0948. The van der Waals surface area contributed by atoms with Gasteiger partial charge in [0.15, 0.2) is 5.11 Å². The van der Waals surface area contributed by atoms with E-state index in [0.717, 1.165) is 23.6 Å². The Balaban J connectivity index is 1.59. The van der Waals surface area contributed by atoms with Crippen LogP contribution in [0.2, 0.25) is 0 Å². The molecule has 1 aliphatic carbocycles. The minimum Gasteiger partial charge on any atom is -0.331 e. The van der Waals surface area contributed by atoms with Gasteiger partial charge in [-0.1, -0.05) is 13.0 Å². The summed E-state index contributed by atoms with van der Waals surface area (Å²) in [6.45, 7) is 2.23. The molecule has 29 heavy (non-hydrogen) atoms. The number of carbonyl (C=O) groups is 1. The van der Waals surface area contributed by atoms with E-state index in [4.69, 9.17) is 12.2 Å². The van der Waals surface area contributed by atoms with E-state index in [9.17, 15) is 13.2 Å². The summed E-state index contributed by atoms with van der Waals surface area (Å²) in [6, 6.07) is 8.27. The lowest BCUT2D eigenvalue weighted by Crippen LogP contribution is -2.43. The van der Waals surface area contributed by atoms with Gasteiger partial charge in [0.05, 0.1) is 9.77 Å². The van der Waals surface area contributed by atoms with Gasteiger partial charge in [0.2, 0.25) is 10.0 Å². The Morgan fingerprint density at radius 3 is 2.72 bits per heavy atom. The first-order valence-electron chi connectivity index (χ1n) is 9.18. The third-order valence-electron chi connectivity index (χ3n) is 4.71. The van der Waals surface area contributed by atoms with Crippen LogP contribution < -0.4 is 16.2 Å². The summed E-state index contributed by atoms with van der Waals surface area (Å²) in [4.78, 5) is 14.5. The van der Waals surface area contributed by atoms with Crippen molar-refractivity contribution in [2.75, 3.05) is 19.4 Å². The van der Waals surface area contributed by atoms with Crippen molar-refractivity contribution >= 4 is 50.3 Å². The maximum absolute atomic E-state index is 12.4. The SMILES string of the molecule is CC1CCc2sc(C(=O)NNC(=S)Nc3cccc(S(=O)(=O)N(C)C)c3)cc2C1. The number of anilines is 1. The van der Waals surface area contributed by atoms with Crippen molar-refractivity contribution < 1.29 is 13.2 Å². The fourth-order valence-electron chi connectivity index (χ4n) is 3.10. The van der Waals surface area contributed by atoms with Gasteiger partial charge in [-0.05, 0) is 67.2 Å². The van der Waals surface area contributed by atoms with Crippen molar-refractivity contribution in [1.82, 2.24) is 15.2 Å². The number of fused-ring (bicyclic) bond motifs is 1. The number of hydrogen-bond acceptors (Lipinski definition) is 5. The van der Waals surface area contributed by atoms with Crippen molar-refractivity contribution in [3.05, 3.63) is 45.6 Å². The number of amides is 1. The molecule has 1 heterocycles. The summed E-state index contributed by atoms with van der Waals surface area (Å²) < 4.78 is 25.6. The molecule has 156 valence electrons. The van der Waals surface area contributed by atoms with E-state index in [2.05, 4.69) is 23.1 Å². The first kappa shape index (κ1) is 21.7. The van der Waals surface area contributed by atoms with Crippen molar-refractivity contribution in [2.24, 2.45) is 5.92 Å². The molecule has 3 N–H and O–H groups in total. The lowest BCUT2D eigenvalue weighted by atomic mass is 9.90. The van der Waals surface area contributed by atoms with E-state index in [1.54, 1.807) is 12.1 Å². The van der Waals surface area contributed by atoms with E-state index in [-0.39, 0.29) is 15.9 Å². The predicted octanol–water partition coefficient (Wildman–Crippen LogP) is 2.75. The number of thiocarbonyl (C=S) groups is 1. The second kappa shape index (κ2) is 8.78. The number of benzene rings is 1. The normalized spacial score (nSPS) is 16.2. The molecule has 3 rings (SSSR count). The fourth-order valence-corrected chi connectivity index (χ4v) is 5.32. The Morgan fingerprint density at radius 1 is 1.24 bits per heavy atom. The van der Waals surface area contributed by atoms with Gasteiger partial charge in [-0.15, -0.1) is 11.3 Å². The molecule has 2 aromatic rings. The number of thiophene rings is 1. The van der Waals surface area contributed by atoms with Crippen molar-refractivity contribution in [1.29, 1.82) is 0 Å². The van der Waals surface area contributed by atoms with Crippen LogP contribution in [0.4, 0.5) is 5.69 Å². The molecule has 0 bridgehead atoms. The number of aryl methyl sites for hydroxylation is 1. The molecule has 0 spiro atoms. The van der Waals surface area contributed by atoms with Gasteiger partial charge in [0, 0.05) is 24.7 Å². The monoisotopic (exact) mass is 452 g/mol. The van der Waals surface area contributed by atoms with Crippen LogP contribution in [-0.2, 0) is 22.9 Å². The van der Waals surface area contributed by atoms with Crippen molar-refractivity contribution in [3.8, 4) is 0 Å². The Kier molecular flexibility index (Phi) is 6.57. The van der Waals surface area contributed by atoms with Gasteiger partial charge in [-0.2, -0.15) is 0 Å². The number of nitrogens with zero attached hydrogens (tertiary/aromatic N) is 1. The smallest absolute Gasteiger partial charge is 0.279 e. The number of sulfonamides is 1. The lowest BCUT2D eigenvalue weighted by Gasteiger charge is -2.16.